The van der Waals surface area contributed by atoms with Crippen LogP contribution < -0.4 is 15.8 Å². The maximum atomic E-state index is 11.4. The van der Waals surface area contributed by atoms with E-state index in [0.717, 1.165) is 3.57 Å². The summed E-state index contributed by atoms with van der Waals surface area (Å²) in [6.07, 6.45) is 0. The van der Waals surface area contributed by atoms with Crippen LogP contribution in [0.5, 0.6) is 5.75 Å². The van der Waals surface area contributed by atoms with Gasteiger partial charge in [-0.05, 0) is 47.7 Å². The zero-order chi connectivity index (χ0) is 12.8. The van der Waals surface area contributed by atoms with E-state index in [1.54, 1.807) is 6.07 Å². The van der Waals surface area contributed by atoms with E-state index >= 15 is 0 Å². The summed E-state index contributed by atoms with van der Waals surface area (Å²) in [5.74, 6) is -0.346. The summed E-state index contributed by atoms with van der Waals surface area (Å²) in [7, 11) is 0. The number of nitrogens with one attached hydrogen (secondary N) is 1. The molecule has 1 rings (SSSR count). The molecule has 1 atom stereocenters. The Morgan fingerprint density at radius 2 is 2.24 bits per heavy atom. The number of amides is 2. The molecule has 0 aliphatic carbocycles. The first kappa shape index (κ1) is 13.8. The van der Waals surface area contributed by atoms with Gasteiger partial charge < -0.3 is 15.8 Å². The van der Waals surface area contributed by atoms with E-state index in [1.165, 1.54) is 6.92 Å². The fourth-order valence-corrected chi connectivity index (χ4v) is 1.57. The Morgan fingerprint density at radius 1 is 1.53 bits per heavy atom. The number of ether oxygens (including phenoxy) is 1. The number of benzene rings is 1. The molecule has 0 aliphatic heterocycles. The molecule has 0 fully saturated rings. The standard InChI is InChI=1S/C11H13IN2O3/c1-7(11(13)16)14-10(15)6-17-9-4-2-3-8(12)5-9/h2-5,7H,6H2,1H3,(H2,13,16)(H,14,15)/t7-/m0/s1. The van der Waals surface area contributed by atoms with E-state index in [-0.39, 0.29) is 12.5 Å². The van der Waals surface area contributed by atoms with Gasteiger partial charge in [0.15, 0.2) is 6.61 Å². The highest BCUT2D eigenvalue weighted by Crippen LogP contribution is 2.14. The lowest BCUT2D eigenvalue weighted by atomic mass is 10.3. The lowest BCUT2D eigenvalue weighted by Crippen LogP contribution is -2.44. The minimum absolute atomic E-state index is 0.141. The van der Waals surface area contributed by atoms with Gasteiger partial charge in [0, 0.05) is 3.57 Å². The van der Waals surface area contributed by atoms with E-state index in [9.17, 15) is 9.59 Å². The second kappa shape index (κ2) is 6.43. The van der Waals surface area contributed by atoms with Crippen LogP contribution in [-0.4, -0.2) is 24.5 Å². The van der Waals surface area contributed by atoms with Gasteiger partial charge in [0.2, 0.25) is 5.91 Å². The third kappa shape index (κ3) is 5.03. The van der Waals surface area contributed by atoms with Gasteiger partial charge in [0.05, 0.1) is 0 Å². The Balaban J connectivity index is 2.41. The summed E-state index contributed by atoms with van der Waals surface area (Å²) < 4.78 is 6.28. The van der Waals surface area contributed by atoms with Gasteiger partial charge in [0.1, 0.15) is 11.8 Å². The zero-order valence-corrected chi connectivity index (χ0v) is 11.4. The summed E-state index contributed by atoms with van der Waals surface area (Å²) >= 11 is 2.15. The molecule has 2 amide bonds. The molecule has 0 aliphatic rings. The van der Waals surface area contributed by atoms with Gasteiger partial charge in [-0.1, -0.05) is 6.07 Å². The van der Waals surface area contributed by atoms with Crippen molar-refractivity contribution in [1.29, 1.82) is 0 Å². The van der Waals surface area contributed by atoms with E-state index in [1.807, 2.05) is 18.2 Å². The Kier molecular flexibility index (Phi) is 5.20. The smallest absolute Gasteiger partial charge is 0.258 e. The molecule has 92 valence electrons. The first-order valence-corrected chi connectivity index (χ1v) is 6.04. The molecule has 17 heavy (non-hydrogen) atoms. The fraction of sp³-hybridized carbons (Fsp3) is 0.273. The molecule has 0 heterocycles. The van der Waals surface area contributed by atoms with Crippen LogP contribution in [0.1, 0.15) is 6.92 Å². The van der Waals surface area contributed by atoms with E-state index in [4.69, 9.17) is 10.5 Å². The number of nitrogens with two attached hydrogens (primary N) is 1. The Bertz CT molecular complexity index is 423. The van der Waals surface area contributed by atoms with E-state index < -0.39 is 11.9 Å². The van der Waals surface area contributed by atoms with Crippen LogP contribution in [-0.2, 0) is 9.59 Å². The van der Waals surface area contributed by atoms with Gasteiger partial charge in [-0.2, -0.15) is 0 Å². The van der Waals surface area contributed by atoms with Gasteiger partial charge in [0.25, 0.3) is 5.91 Å². The molecule has 3 N–H and O–H groups in total. The van der Waals surface area contributed by atoms with Crippen LogP contribution in [0.15, 0.2) is 24.3 Å². The molecule has 5 nitrogen and oxygen atoms in total. The fourth-order valence-electron chi connectivity index (χ4n) is 1.06. The van der Waals surface area contributed by atoms with Crippen molar-refractivity contribution >= 4 is 34.4 Å². The molecule has 0 aromatic heterocycles. The average Bonchev–Trinajstić information content (AvgIpc) is 2.26. The maximum absolute atomic E-state index is 11.4. The normalized spacial score (nSPS) is 11.6. The summed E-state index contributed by atoms with van der Waals surface area (Å²) in [5, 5.41) is 2.42. The summed E-state index contributed by atoms with van der Waals surface area (Å²) in [6, 6.07) is 6.63. The summed E-state index contributed by atoms with van der Waals surface area (Å²) in [4.78, 5) is 22.1. The van der Waals surface area contributed by atoms with Crippen LogP contribution in [0.2, 0.25) is 0 Å². The van der Waals surface area contributed by atoms with Crippen LogP contribution in [0.25, 0.3) is 0 Å². The number of hydrogen-bond acceptors (Lipinski definition) is 3. The third-order valence-electron chi connectivity index (χ3n) is 1.97. The molecule has 0 radical (unpaired) electrons. The lowest BCUT2D eigenvalue weighted by molar-refractivity contribution is -0.128. The maximum Gasteiger partial charge on any atom is 0.258 e. The monoisotopic (exact) mass is 348 g/mol. The minimum Gasteiger partial charge on any atom is -0.484 e. The molecule has 1 aromatic rings. The lowest BCUT2D eigenvalue weighted by Gasteiger charge is -2.11. The average molecular weight is 348 g/mol. The highest BCUT2D eigenvalue weighted by Gasteiger charge is 2.12. The number of carbonyl (C=O) groups is 2. The predicted molar refractivity (Wildman–Crippen MR) is 71.5 cm³/mol. The largest absolute Gasteiger partial charge is 0.484 e. The van der Waals surface area contributed by atoms with E-state index in [0.29, 0.717) is 5.75 Å². The van der Waals surface area contributed by atoms with Crippen molar-refractivity contribution in [2.45, 2.75) is 13.0 Å². The van der Waals surface area contributed by atoms with Gasteiger partial charge in [-0.3, -0.25) is 9.59 Å². The Labute approximate surface area is 113 Å². The SMILES string of the molecule is C[C@H](NC(=O)COc1cccc(I)c1)C(N)=O. The molecule has 0 spiro atoms. The quantitative estimate of drug-likeness (QED) is 0.767. The van der Waals surface area contributed by atoms with Gasteiger partial charge >= 0.3 is 0 Å². The van der Waals surface area contributed by atoms with Crippen molar-refractivity contribution in [3.05, 3.63) is 27.8 Å². The van der Waals surface area contributed by atoms with Crippen molar-refractivity contribution in [2.75, 3.05) is 6.61 Å². The van der Waals surface area contributed by atoms with Crippen molar-refractivity contribution < 1.29 is 14.3 Å². The number of primary amides is 1. The molecule has 0 saturated carbocycles. The number of hydrogen-bond donors (Lipinski definition) is 2. The van der Waals surface area contributed by atoms with Crippen LogP contribution in [0, 0.1) is 3.57 Å². The molecular weight excluding hydrogens is 335 g/mol. The third-order valence-corrected chi connectivity index (χ3v) is 2.64. The van der Waals surface area contributed by atoms with Crippen molar-refractivity contribution in [1.82, 2.24) is 5.32 Å². The van der Waals surface area contributed by atoms with Crippen molar-refractivity contribution in [2.24, 2.45) is 5.73 Å². The summed E-state index contributed by atoms with van der Waals surface area (Å²) in [6.45, 7) is 1.38. The minimum atomic E-state index is -0.693. The highest BCUT2D eigenvalue weighted by molar-refractivity contribution is 14.1. The molecule has 1 aromatic carbocycles. The molecule has 6 heteroatoms. The number of rotatable bonds is 5. The van der Waals surface area contributed by atoms with Crippen LogP contribution in [0.4, 0.5) is 0 Å². The van der Waals surface area contributed by atoms with Crippen molar-refractivity contribution in [3.8, 4) is 5.75 Å². The number of halogens is 1. The Morgan fingerprint density at radius 3 is 2.82 bits per heavy atom. The topological polar surface area (TPSA) is 81.4 Å². The molecule has 0 unspecified atom stereocenters. The second-order valence-electron chi connectivity index (χ2n) is 3.44. The highest BCUT2D eigenvalue weighted by atomic mass is 127. The van der Waals surface area contributed by atoms with Gasteiger partial charge in [-0.15, -0.1) is 0 Å². The zero-order valence-electron chi connectivity index (χ0n) is 9.27. The number of carbonyl (C=O) groups excluding carboxylic acids is 2. The molecule has 0 saturated heterocycles. The molecule has 0 bridgehead atoms. The van der Waals surface area contributed by atoms with Crippen LogP contribution >= 0.6 is 22.6 Å². The first-order chi connectivity index (χ1) is 7.99. The van der Waals surface area contributed by atoms with Crippen molar-refractivity contribution in [3.63, 3.8) is 0 Å². The van der Waals surface area contributed by atoms with E-state index in [2.05, 4.69) is 27.9 Å². The van der Waals surface area contributed by atoms with Gasteiger partial charge in [-0.25, -0.2) is 0 Å². The Hall–Kier alpha value is -1.31. The van der Waals surface area contributed by atoms with Crippen LogP contribution in [0.3, 0.4) is 0 Å². The summed E-state index contributed by atoms with van der Waals surface area (Å²) in [5.41, 5.74) is 5.02. The second-order valence-corrected chi connectivity index (χ2v) is 4.68. The first-order valence-electron chi connectivity index (χ1n) is 4.96. The molecular formula is C11H13IN2O3. The predicted octanol–water partition coefficient (Wildman–Crippen LogP) is 0.660.